The Labute approximate surface area is 116 Å². The van der Waals surface area contributed by atoms with Crippen molar-refractivity contribution in [2.45, 2.75) is 25.4 Å². The fourth-order valence-electron chi connectivity index (χ4n) is 2.25. The van der Waals surface area contributed by atoms with E-state index < -0.39 is 30.0 Å². The zero-order chi connectivity index (χ0) is 15.0. The van der Waals surface area contributed by atoms with Crippen LogP contribution in [0.15, 0.2) is 30.3 Å². The third-order valence-electron chi connectivity index (χ3n) is 3.23. The topological polar surface area (TPSA) is 55.8 Å². The van der Waals surface area contributed by atoms with Gasteiger partial charge in [-0.15, -0.1) is 0 Å². The Morgan fingerprint density at radius 3 is 2.45 bits per heavy atom. The van der Waals surface area contributed by atoms with Crippen molar-refractivity contribution in [1.82, 2.24) is 4.90 Å². The molecule has 108 valence electrons. The van der Waals surface area contributed by atoms with E-state index in [1.165, 1.54) is 13.8 Å². The highest BCUT2D eigenvalue weighted by molar-refractivity contribution is 5.98. The smallest absolute Gasteiger partial charge is 0.367 e. The second-order valence-corrected chi connectivity index (χ2v) is 4.99. The largest absolute Gasteiger partial charge is 0.465 e. The van der Waals surface area contributed by atoms with E-state index in [2.05, 4.69) is 4.74 Å². The van der Waals surface area contributed by atoms with Crippen molar-refractivity contribution in [2.24, 2.45) is 0 Å². The molecular weight excluding hydrogens is 265 g/mol. The van der Waals surface area contributed by atoms with Gasteiger partial charge in [0.15, 0.2) is 0 Å². The van der Waals surface area contributed by atoms with Crippen molar-refractivity contribution < 1.29 is 23.5 Å². The summed E-state index contributed by atoms with van der Waals surface area (Å²) < 4.78 is 24.6. The van der Waals surface area contributed by atoms with Crippen molar-refractivity contribution in [3.63, 3.8) is 0 Å². The van der Waals surface area contributed by atoms with Gasteiger partial charge in [-0.05, 0) is 26.0 Å². The lowest BCUT2D eigenvalue weighted by molar-refractivity contribution is -0.164. The molecule has 1 aliphatic rings. The molecule has 0 N–H and O–H groups in total. The molecule has 20 heavy (non-hydrogen) atoms. The SMILES string of the molecule is COC(=O)[C@]1(F)COC(C)(C)N1C(=O)c1ccccc1. The average Bonchev–Trinajstić information content (AvgIpc) is 2.69. The molecule has 2 rings (SSSR count). The van der Waals surface area contributed by atoms with Crippen LogP contribution in [0.1, 0.15) is 24.2 Å². The van der Waals surface area contributed by atoms with Gasteiger partial charge in [0.05, 0.1) is 7.11 Å². The third kappa shape index (κ3) is 2.16. The summed E-state index contributed by atoms with van der Waals surface area (Å²) >= 11 is 0. The quantitative estimate of drug-likeness (QED) is 0.612. The zero-order valence-corrected chi connectivity index (χ0v) is 11.6. The summed E-state index contributed by atoms with van der Waals surface area (Å²) in [6, 6.07) is 8.17. The van der Waals surface area contributed by atoms with Gasteiger partial charge < -0.3 is 9.47 Å². The van der Waals surface area contributed by atoms with E-state index >= 15 is 0 Å². The van der Waals surface area contributed by atoms with Crippen LogP contribution in [0.4, 0.5) is 4.39 Å². The molecular formula is C14H16FNO4. The highest BCUT2D eigenvalue weighted by atomic mass is 19.1. The molecule has 0 saturated carbocycles. The van der Waals surface area contributed by atoms with Crippen molar-refractivity contribution in [1.29, 1.82) is 0 Å². The number of amides is 1. The van der Waals surface area contributed by atoms with Gasteiger partial charge in [-0.25, -0.2) is 9.18 Å². The molecule has 0 spiro atoms. The number of benzene rings is 1. The minimum absolute atomic E-state index is 0.275. The molecule has 1 heterocycles. The second kappa shape index (κ2) is 4.86. The maximum Gasteiger partial charge on any atom is 0.367 e. The minimum Gasteiger partial charge on any atom is -0.465 e. The highest BCUT2D eigenvalue weighted by Gasteiger charge is 2.60. The lowest BCUT2D eigenvalue weighted by Gasteiger charge is -2.35. The molecule has 5 nitrogen and oxygen atoms in total. The Hall–Kier alpha value is -1.95. The fourth-order valence-corrected chi connectivity index (χ4v) is 2.25. The lowest BCUT2D eigenvalue weighted by Crippen LogP contribution is -2.57. The monoisotopic (exact) mass is 281 g/mol. The van der Waals surface area contributed by atoms with Crippen LogP contribution in [-0.2, 0) is 14.3 Å². The number of halogens is 1. The molecule has 1 aromatic carbocycles. The van der Waals surface area contributed by atoms with E-state index in [4.69, 9.17) is 4.74 Å². The van der Waals surface area contributed by atoms with E-state index in [0.717, 1.165) is 12.0 Å². The fraction of sp³-hybridized carbons (Fsp3) is 0.429. The number of nitrogens with zero attached hydrogens (tertiary/aromatic N) is 1. The van der Waals surface area contributed by atoms with Crippen LogP contribution < -0.4 is 0 Å². The molecule has 1 atom stereocenters. The molecule has 1 aromatic rings. The van der Waals surface area contributed by atoms with Crippen LogP contribution in [0, 0.1) is 0 Å². The molecule has 0 unspecified atom stereocenters. The van der Waals surface area contributed by atoms with Gasteiger partial charge in [0, 0.05) is 5.56 Å². The Kier molecular flexibility index (Phi) is 3.52. The summed E-state index contributed by atoms with van der Waals surface area (Å²) in [6.07, 6.45) is 0. The number of rotatable bonds is 2. The normalized spacial score (nSPS) is 24.5. The Bertz CT molecular complexity index is 531. The maximum atomic E-state index is 14.9. The first-order valence-electron chi connectivity index (χ1n) is 6.14. The number of hydrogen-bond acceptors (Lipinski definition) is 4. The molecule has 1 aliphatic heterocycles. The standard InChI is InChI=1S/C14H16FNO4/c1-13(2)16(11(17)10-7-5-4-6-8-10)14(15,9-20-13)12(18)19-3/h4-8H,9H2,1-3H3/t14-/m0/s1. The Balaban J connectivity index is 2.44. The van der Waals surface area contributed by atoms with Crippen molar-refractivity contribution in [2.75, 3.05) is 13.7 Å². The van der Waals surface area contributed by atoms with Gasteiger partial charge in [-0.2, -0.15) is 0 Å². The van der Waals surface area contributed by atoms with Crippen LogP contribution in [0.2, 0.25) is 0 Å². The number of carbonyl (C=O) groups is 2. The molecule has 6 heteroatoms. The summed E-state index contributed by atoms with van der Waals surface area (Å²) in [5, 5.41) is 0. The summed E-state index contributed by atoms with van der Waals surface area (Å²) in [5.41, 5.74) is -0.965. The maximum absolute atomic E-state index is 14.9. The van der Waals surface area contributed by atoms with E-state index in [1.54, 1.807) is 30.3 Å². The summed E-state index contributed by atoms with van der Waals surface area (Å²) in [7, 11) is 1.07. The predicted octanol–water partition coefficient (Wildman–Crippen LogP) is 1.73. The van der Waals surface area contributed by atoms with Crippen molar-refractivity contribution >= 4 is 11.9 Å². The average molecular weight is 281 g/mol. The van der Waals surface area contributed by atoms with Crippen LogP contribution in [-0.4, -0.2) is 42.0 Å². The first kappa shape index (κ1) is 14.5. The van der Waals surface area contributed by atoms with Crippen molar-refractivity contribution in [3.8, 4) is 0 Å². The van der Waals surface area contributed by atoms with Gasteiger partial charge in [0.2, 0.25) is 0 Å². The van der Waals surface area contributed by atoms with Crippen LogP contribution in [0.5, 0.6) is 0 Å². The lowest BCUT2D eigenvalue weighted by atomic mass is 10.1. The van der Waals surface area contributed by atoms with E-state index in [1.807, 2.05) is 0 Å². The van der Waals surface area contributed by atoms with Crippen LogP contribution >= 0.6 is 0 Å². The third-order valence-corrected chi connectivity index (χ3v) is 3.23. The first-order valence-corrected chi connectivity index (χ1v) is 6.14. The van der Waals surface area contributed by atoms with Gasteiger partial charge in [-0.3, -0.25) is 9.69 Å². The molecule has 0 bridgehead atoms. The van der Waals surface area contributed by atoms with Gasteiger partial charge in [-0.1, -0.05) is 18.2 Å². The Morgan fingerprint density at radius 1 is 1.30 bits per heavy atom. The minimum atomic E-state index is -2.62. The number of carbonyl (C=O) groups excluding carboxylic acids is 2. The van der Waals surface area contributed by atoms with Gasteiger partial charge in [0.25, 0.3) is 5.91 Å². The number of hydrogen-bond donors (Lipinski definition) is 0. The van der Waals surface area contributed by atoms with Gasteiger partial charge >= 0.3 is 11.8 Å². The number of esters is 1. The van der Waals surface area contributed by atoms with Crippen LogP contribution in [0.3, 0.4) is 0 Å². The molecule has 0 aliphatic carbocycles. The second-order valence-electron chi connectivity index (χ2n) is 4.99. The molecule has 1 saturated heterocycles. The molecule has 0 aromatic heterocycles. The molecule has 1 fully saturated rings. The van der Waals surface area contributed by atoms with Crippen LogP contribution in [0.25, 0.3) is 0 Å². The summed E-state index contributed by atoms with van der Waals surface area (Å²) in [6.45, 7) is 2.50. The van der Waals surface area contributed by atoms with Gasteiger partial charge in [0.1, 0.15) is 12.3 Å². The number of methoxy groups -OCH3 is 1. The highest BCUT2D eigenvalue weighted by Crippen LogP contribution is 2.38. The number of ether oxygens (including phenoxy) is 2. The predicted molar refractivity (Wildman–Crippen MR) is 68.5 cm³/mol. The first-order chi connectivity index (χ1) is 9.33. The summed E-state index contributed by atoms with van der Waals surface area (Å²) in [4.78, 5) is 25.0. The summed E-state index contributed by atoms with van der Waals surface area (Å²) in [5.74, 6) is -4.39. The molecule has 1 amide bonds. The van der Waals surface area contributed by atoms with E-state index in [9.17, 15) is 14.0 Å². The van der Waals surface area contributed by atoms with E-state index in [0.29, 0.717) is 0 Å². The Morgan fingerprint density at radius 2 is 1.90 bits per heavy atom. The number of alkyl halides is 1. The van der Waals surface area contributed by atoms with Crippen molar-refractivity contribution in [3.05, 3.63) is 35.9 Å². The zero-order valence-electron chi connectivity index (χ0n) is 11.6. The van der Waals surface area contributed by atoms with E-state index in [-0.39, 0.29) is 5.56 Å². The molecule has 0 radical (unpaired) electrons.